The highest BCUT2D eigenvalue weighted by Crippen LogP contribution is 2.32. The van der Waals surface area contributed by atoms with Gasteiger partial charge in [0.2, 0.25) is 0 Å². The first-order valence-electron chi connectivity index (χ1n) is 9.09. The minimum absolute atomic E-state index is 0.0467. The quantitative estimate of drug-likeness (QED) is 0.645. The molecule has 1 aliphatic rings. The molecule has 3 aromatic rings. The second kappa shape index (κ2) is 8.07. The lowest BCUT2D eigenvalue weighted by atomic mass is 10.2. The highest BCUT2D eigenvalue weighted by atomic mass is 35.5. The number of rotatable bonds is 4. The Morgan fingerprint density at radius 3 is 2.54 bits per heavy atom. The lowest BCUT2D eigenvalue weighted by molar-refractivity contribution is 0.247. The smallest absolute Gasteiger partial charge is 0.264 e. The fourth-order valence-corrected chi connectivity index (χ4v) is 3.93. The number of halogens is 3. The molecule has 0 aliphatic carbocycles. The maximum absolute atomic E-state index is 14.0. The summed E-state index contributed by atoms with van der Waals surface area (Å²) in [5, 5.41) is 1.18. The number of hydrogen-bond acceptors (Lipinski definition) is 4. The molecule has 0 N–H and O–H groups in total. The van der Waals surface area contributed by atoms with E-state index in [1.54, 1.807) is 18.2 Å². The molecule has 0 radical (unpaired) electrons. The summed E-state index contributed by atoms with van der Waals surface area (Å²) in [6.45, 7) is 4.48. The third-order valence-corrected chi connectivity index (χ3v) is 5.91. The van der Waals surface area contributed by atoms with Gasteiger partial charge in [-0.1, -0.05) is 35.3 Å². The van der Waals surface area contributed by atoms with Crippen molar-refractivity contribution >= 4 is 39.8 Å². The minimum atomic E-state index is -0.531. The molecule has 4 rings (SSSR count). The number of aromatic nitrogens is 2. The average Bonchev–Trinajstić information content (AvgIpc) is 2.70. The number of piperazine rings is 1. The monoisotopic (exact) mass is 420 g/mol. The van der Waals surface area contributed by atoms with Gasteiger partial charge >= 0.3 is 0 Å². The summed E-state index contributed by atoms with van der Waals surface area (Å²) in [6.07, 6.45) is 1.49. The Kier molecular flexibility index (Phi) is 5.53. The summed E-state index contributed by atoms with van der Waals surface area (Å²) >= 11 is 12.4. The Bertz CT molecular complexity index is 1060. The molecule has 5 nitrogen and oxygen atoms in total. The zero-order valence-corrected chi connectivity index (χ0v) is 16.6. The van der Waals surface area contributed by atoms with Crippen LogP contribution in [0.15, 0.2) is 47.5 Å². The van der Waals surface area contributed by atoms with E-state index in [4.69, 9.17) is 23.2 Å². The standard InChI is InChI=1S/C20H19Cl2FN4O/c21-14-3-1-6-17(19(14)22)26-10-7-25(8-11-26)9-12-27-13-24-16-5-2-4-15(23)18(16)20(27)28/h1-6,13H,7-12H2. The van der Waals surface area contributed by atoms with E-state index in [-0.39, 0.29) is 10.9 Å². The Balaban J connectivity index is 1.40. The molecule has 0 amide bonds. The number of benzene rings is 2. The van der Waals surface area contributed by atoms with Crippen molar-refractivity contribution in [2.45, 2.75) is 6.54 Å². The normalized spacial score (nSPS) is 15.3. The number of nitrogens with zero attached hydrogens (tertiary/aromatic N) is 4. The molecule has 0 spiro atoms. The van der Waals surface area contributed by atoms with E-state index in [1.165, 1.54) is 17.0 Å². The molecule has 1 aliphatic heterocycles. The molecule has 146 valence electrons. The van der Waals surface area contributed by atoms with Crippen LogP contribution in [0.4, 0.5) is 10.1 Å². The van der Waals surface area contributed by atoms with Gasteiger partial charge in [-0.2, -0.15) is 0 Å². The van der Waals surface area contributed by atoms with E-state index in [1.807, 2.05) is 12.1 Å². The van der Waals surface area contributed by atoms with Crippen LogP contribution in [-0.4, -0.2) is 47.2 Å². The average molecular weight is 421 g/mol. The zero-order chi connectivity index (χ0) is 19.7. The van der Waals surface area contributed by atoms with E-state index < -0.39 is 5.82 Å². The van der Waals surface area contributed by atoms with Gasteiger partial charge in [-0.05, 0) is 24.3 Å². The van der Waals surface area contributed by atoms with Gasteiger partial charge in [0.15, 0.2) is 0 Å². The first-order valence-corrected chi connectivity index (χ1v) is 9.85. The van der Waals surface area contributed by atoms with Gasteiger partial charge in [0.05, 0.1) is 27.6 Å². The Morgan fingerprint density at radius 2 is 1.75 bits per heavy atom. The second-order valence-electron chi connectivity index (χ2n) is 6.78. The van der Waals surface area contributed by atoms with Crippen molar-refractivity contribution in [3.8, 4) is 0 Å². The molecule has 0 atom stereocenters. The van der Waals surface area contributed by atoms with Gasteiger partial charge in [-0.3, -0.25) is 14.3 Å². The van der Waals surface area contributed by atoms with Gasteiger partial charge in [-0.15, -0.1) is 0 Å². The fraction of sp³-hybridized carbons (Fsp3) is 0.300. The van der Waals surface area contributed by atoms with E-state index in [0.29, 0.717) is 28.7 Å². The first-order chi connectivity index (χ1) is 13.5. The van der Waals surface area contributed by atoms with Crippen molar-refractivity contribution in [2.75, 3.05) is 37.6 Å². The molecule has 2 aromatic carbocycles. The van der Waals surface area contributed by atoms with Crippen LogP contribution in [0.3, 0.4) is 0 Å². The van der Waals surface area contributed by atoms with Crippen LogP contribution in [0, 0.1) is 5.82 Å². The molecule has 8 heteroatoms. The predicted octanol–water partition coefficient (Wildman–Crippen LogP) is 3.66. The molecule has 1 aromatic heterocycles. The third-order valence-electron chi connectivity index (χ3n) is 5.10. The van der Waals surface area contributed by atoms with Crippen LogP contribution in [0.2, 0.25) is 10.0 Å². The first kappa shape index (κ1) is 19.2. The van der Waals surface area contributed by atoms with Crippen LogP contribution in [0.5, 0.6) is 0 Å². The predicted molar refractivity (Wildman–Crippen MR) is 111 cm³/mol. The molecule has 1 saturated heterocycles. The van der Waals surface area contributed by atoms with Gasteiger partial charge in [0.1, 0.15) is 11.2 Å². The van der Waals surface area contributed by atoms with Crippen LogP contribution < -0.4 is 10.5 Å². The van der Waals surface area contributed by atoms with Crippen molar-refractivity contribution in [3.05, 3.63) is 68.9 Å². The third kappa shape index (κ3) is 3.72. The fourth-order valence-electron chi connectivity index (χ4n) is 3.52. The van der Waals surface area contributed by atoms with E-state index in [2.05, 4.69) is 14.8 Å². The molecule has 2 heterocycles. The largest absolute Gasteiger partial charge is 0.368 e. The van der Waals surface area contributed by atoms with Crippen molar-refractivity contribution in [1.29, 1.82) is 0 Å². The number of fused-ring (bicyclic) bond motifs is 1. The Labute approximate surface area is 171 Å². The van der Waals surface area contributed by atoms with Crippen LogP contribution >= 0.6 is 23.2 Å². The maximum atomic E-state index is 14.0. The molecular formula is C20H19Cl2FN4O. The van der Waals surface area contributed by atoms with Crippen LogP contribution in [-0.2, 0) is 6.54 Å². The lowest BCUT2D eigenvalue weighted by Gasteiger charge is -2.36. The van der Waals surface area contributed by atoms with Gasteiger partial charge < -0.3 is 4.90 Å². The summed E-state index contributed by atoms with van der Waals surface area (Å²) in [6, 6.07) is 10.1. The second-order valence-corrected chi connectivity index (χ2v) is 7.56. The molecule has 0 saturated carbocycles. The van der Waals surface area contributed by atoms with Crippen LogP contribution in [0.25, 0.3) is 10.9 Å². The van der Waals surface area contributed by atoms with E-state index in [0.717, 1.165) is 31.9 Å². The van der Waals surface area contributed by atoms with Gasteiger partial charge in [0, 0.05) is 39.3 Å². The molecule has 0 unspecified atom stereocenters. The summed E-state index contributed by atoms with van der Waals surface area (Å²) in [5.74, 6) is -0.531. The minimum Gasteiger partial charge on any atom is -0.368 e. The van der Waals surface area contributed by atoms with Crippen molar-refractivity contribution in [2.24, 2.45) is 0 Å². The summed E-state index contributed by atoms with van der Waals surface area (Å²) in [7, 11) is 0. The molecule has 0 bridgehead atoms. The topological polar surface area (TPSA) is 41.4 Å². The maximum Gasteiger partial charge on any atom is 0.264 e. The van der Waals surface area contributed by atoms with Crippen molar-refractivity contribution in [1.82, 2.24) is 14.5 Å². The number of hydrogen-bond donors (Lipinski definition) is 0. The summed E-state index contributed by atoms with van der Waals surface area (Å²) in [5.41, 5.74) is 0.986. The summed E-state index contributed by atoms with van der Waals surface area (Å²) < 4.78 is 15.5. The molecule has 1 fully saturated rings. The Morgan fingerprint density at radius 1 is 1.00 bits per heavy atom. The number of anilines is 1. The molecular weight excluding hydrogens is 402 g/mol. The lowest BCUT2D eigenvalue weighted by Crippen LogP contribution is -2.47. The van der Waals surface area contributed by atoms with E-state index >= 15 is 0 Å². The highest BCUT2D eigenvalue weighted by Gasteiger charge is 2.20. The zero-order valence-electron chi connectivity index (χ0n) is 15.1. The Hall–Kier alpha value is -2.15. The van der Waals surface area contributed by atoms with Crippen LogP contribution in [0.1, 0.15) is 0 Å². The van der Waals surface area contributed by atoms with Gasteiger partial charge in [-0.25, -0.2) is 9.37 Å². The van der Waals surface area contributed by atoms with E-state index in [9.17, 15) is 9.18 Å². The molecule has 28 heavy (non-hydrogen) atoms. The van der Waals surface area contributed by atoms with Crippen molar-refractivity contribution in [3.63, 3.8) is 0 Å². The van der Waals surface area contributed by atoms with Crippen molar-refractivity contribution < 1.29 is 4.39 Å². The summed E-state index contributed by atoms with van der Waals surface area (Å²) in [4.78, 5) is 21.2. The highest BCUT2D eigenvalue weighted by molar-refractivity contribution is 6.43. The van der Waals surface area contributed by atoms with Gasteiger partial charge in [0.25, 0.3) is 5.56 Å². The SMILES string of the molecule is O=c1c2c(F)cccc2ncn1CCN1CCN(c2cccc(Cl)c2Cl)CC1.